The number of nitriles is 1. The van der Waals surface area contributed by atoms with Crippen molar-refractivity contribution in [2.24, 2.45) is 5.92 Å². The molecule has 1 saturated carbocycles. The molecule has 0 aliphatic heterocycles. The lowest BCUT2D eigenvalue weighted by molar-refractivity contribution is -0.119. The van der Waals surface area contributed by atoms with E-state index in [1.807, 2.05) is 13.0 Å². The normalized spacial score (nSPS) is 18.1. The van der Waals surface area contributed by atoms with E-state index >= 15 is 0 Å². The maximum Gasteiger partial charge on any atom is 0.260 e. The standard InChI is InChI=1S/C17H13F2N3O/c1-10-5-6-11(22-16(23)14-8-17(14,18)19)7-13(10)15-4-2-3-12(9-20)21-15/h2-7,14H,8H2,1H3,(H,22,23)/t14-/m0/s1. The van der Waals surface area contributed by atoms with Crippen LogP contribution in [0.1, 0.15) is 17.7 Å². The molecule has 116 valence electrons. The van der Waals surface area contributed by atoms with Gasteiger partial charge in [-0.2, -0.15) is 5.26 Å². The fourth-order valence-corrected chi connectivity index (χ4v) is 2.35. The van der Waals surface area contributed by atoms with E-state index in [9.17, 15) is 13.6 Å². The molecule has 0 radical (unpaired) electrons. The summed E-state index contributed by atoms with van der Waals surface area (Å²) in [6.07, 6.45) is -0.399. The van der Waals surface area contributed by atoms with E-state index in [0.29, 0.717) is 11.4 Å². The van der Waals surface area contributed by atoms with Crippen molar-refractivity contribution in [2.45, 2.75) is 19.3 Å². The van der Waals surface area contributed by atoms with Crippen LogP contribution in [0.25, 0.3) is 11.3 Å². The molecule has 23 heavy (non-hydrogen) atoms. The van der Waals surface area contributed by atoms with Crippen LogP contribution in [-0.4, -0.2) is 16.8 Å². The van der Waals surface area contributed by atoms with Crippen LogP contribution in [0, 0.1) is 24.2 Å². The number of nitrogens with zero attached hydrogens (tertiary/aromatic N) is 2. The first-order chi connectivity index (χ1) is 10.9. The van der Waals surface area contributed by atoms with Gasteiger partial charge < -0.3 is 5.32 Å². The zero-order valence-corrected chi connectivity index (χ0v) is 12.3. The van der Waals surface area contributed by atoms with Gasteiger partial charge in [-0.1, -0.05) is 12.1 Å². The number of carbonyl (C=O) groups excluding carboxylic acids is 1. The summed E-state index contributed by atoms with van der Waals surface area (Å²) in [6, 6.07) is 12.2. The van der Waals surface area contributed by atoms with Crippen LogP contribution >= 0.6 is 0 Å². The van der Waals surface area contributed by atoms with E-state index in [1.54, 1.807) is 36.4 Å². The Kier molecular flexibility index (Phi) is 3.57. The van der Waals surface area contributed by atoms with Crippen molar-refractivity contribution in [1.29, 1.82) is 5.26 Å². The summed E-state index contributed by atoms with van der Waals surface area (Å²) < 4.78 is 25.9. The van der Waals surface area contributed by atoms with Gasteiger partial charge in [0, 0.05) is 17.7 Å². The largest absolute Gasteiger partial charge is 0.326 e. The number of benzene rings is 1. The number of carbonyl (C=O) groups is 1. The minimum absolute atomic E-state index is 0.286. The van der Waals surface area contributed by atoms with Gasteiger partial charge >= 0.3 is 0 Å². The third-order valence-corrected chi connectivity index (χ3v) is 3.79. The Hall–Kier alpha value is -2.81. The van der Waals surface area contributed by atoms with Crippen molar-refractivity contribution in [1.82, 2.24) is 4.98 Å². The highest BCUT2D eigenvalue weighted by atomic mass is 19.3. The minimum atomic E-state index is -2.89. The van der Waals surface area contributed by atoms with E-state index in [1.165, 1.54) is 0 Å². The van der Waals surface area contributed by atoms with E-state index in [-0.39, 0.29) is 5.69 Å². The number of aromatic nitrogens is 1. The molecule has 4 nitrogen and oxygen atoms in total. The van der Waals surface area contributed by atoms with Crippen molar-refractivity contribution >= 4 is 11.6 Å². The summed E-state index contributed by atoms with van der Waals surface area (Å²) in [4.78, 5) is 16.0. The molecule has 0 spiro atoms. The first-order valence-electron chi connectivity index (χ1n) is 7.07. The number of pyridine rings is 1. The lowest BCUT2D eigenvalue weighted by Gasteiger charge is -2.10. The van der Waals surface area contributed by atoms with Crippen molar-refractivity contribution in [2.75, 3.05) is 5.32 Å². The molecule has 1 atom stereocenters. The fraction of sp³-hybridized carbons (Fsp3) is 0.235. The topological polar surface area (TPSA) is 65.8 Å². The summed E-state index contributed by atoms with van der Waals surface area (Å²) in [5, 5.41) is 11.4. The second kappa shape index (κ2) is 5.43. The van der Waals surface area contributed by atoms with Gasteiger partial charge in [0.25, 0.3) is 5.92 Å². The Morgan fingerprint density at radius 3 is 2.78 bits per heavy atom. The molecular weight excluding hydrogens is 300 g/mol. The Morgan fingerprint density at radius 2 is 2.13 bits per heavy atom. The van der Waals surface area contributed by atoms with Gasteiger partial charge in [-0.25, -0.2) is 13.8 Å². The molecule has 1 aliphatic rings. The van der Waals surface area contributed by atoms with Crippen LogP contribution < -0.4 is 5.32 Å². The summed E-state index contributed by atoms with van der Waals surface area (Å²) >= 11 is 0. The van der Waals surface area contributed by atoms with E-state index in [0.717, 1.165) is 11.1 Å². The number of hydrogen-bond donors (Lipinski definition) is 1. The highest BCUT2D eigenvalue weighted by molar-refractivity contribution is 5.95. The van der Waals surface area contributed by atoms with Gasteiger partial charge in [-0.05, 0) is 36.8 Å². The molecule has 0 unspecified atom stereocenters. The average molecular weight is 313 g/mol. The molecule has 1 aromatic heterocycles. The monoisotopic (exact) mass is 313 g/mol. The summed E-state index contributed by atoms with van der Waals surface area (Å²) in [6.45, 7) is 1.87. The molecule has 1 amide bonds. The number of amides is 1. The molecule has 1 fully saturated rings. The van der Waals surface area contributed by atoms with Crippen molar-refractivity contribution < 1.29 is 13.6 Å². The molecule has 0 saturated heterocycles. The molecule has 0 bridgehead atoms. The van der Waals surface area contributed by atoms with Gasteiger partial charge in [0.15, 0.2) is 0 Å². The average Bonchev–Trinajstić information content (AvgIpc) is 3.18. The quantitative estimate of drug-likeness (QED) is 0.943. The first kappa shape index (κ1) is 15.1. The van der Waals surface area contributed by atoms with Crippen LogP contribution in [0.2, 0.25) is 0 Å². The van der Waals surface area contributed by atoms with Gasteiger partial charge in [-0.3, -0.25) is 4.79 Å². The van der Waals surface area contributed by atoms with Crippen LogP contribution in [0.4, 0.5) is 14.5 Å². The van der Waals surface area contributed by atoms with Crippen molar-refractivity contribution in [3.05, 3.63) is 47.7 Å². The SMILES string of the molecule is Cc1ccc(NC(=O)[C@@H]2CC2(F)F)cc1-c1cccc(C#N)n1. The first-order valence-corrected chi connectivity index (χ1v) is 7.07. The third kappa shape index (κ3) is 3.04. The molecule has 1 aliphatic carbocycles. The second-order valence-corrected chi connectivity index (χ2v) is 5.56. The molecule has 1 N–H and O–H groups in total. The van der Waals surface area contributed by atoms with Gasteiger partial charge in [0.1, 0.15) is 17.7 Å². The molecule has 2 aromatic rings. The number of hydrogen-bond acceptors (Lipinski definition) is 3. The minimum Gasteiger partial charge on any atom is -0.326 e. The Labute approximate surface area is 131 Å². The van der Waals surface area contributed by atoms with Gasteiger partial charge in [0.2, 0.25) is 5.91 Å². The maximum atomic E-state index is 12.9. The zero-order valence-electron chi connectivity index (χ0n) is 12.3. The molecular formula is C17H13F2N3O. The lowest BCUT2D eigenvalue weighted by atomic mass is 10.0. The Bertz CT molecular complexity index is 827. The van der Waals surface area contributed by atoms with E-state index < -0.39 is 24.2 Å². The van der Waals surface area contributed by atoms with Gasteiger partial charge in [0.05, 0.1) is 5.69 Å². The number of anilines is 1. The van der Waals surface area contributed by atoms with Crippen LogP contribution in [0.15, 0.2) is 36.4 Å². The highest BCUT2D eigenvalue weighted by Crippen LogP contribution is 2.49. The number of halogens is 2. The summed E-state index contributed by atoms with van der Waals surface area (Å²) in [7, 11) is 0. The molecule has 1 aromatic carbocycles. The molecule has 1 heterocycles. The van der Waals surface area contributed by atoms with Crippen molar-refractivity contribution in [3.8, 4) is 17.3 Å². The third-order valence-electron chi connectivity index (χ3n) is 3.79. The van der Waals surface area contributed by atoms with E-state index in [4.69, 9.17) is 5.26 Å². The van der Waals surface area contributed by atoms with Crippen LogP contribution in [0.5, 0.6) is 0 Å². The fourth-order valence-electron chi connectivity index (χ4n) is 2.35. The molecule has 6 heteroatoms. The zero-order chi connectivity index (χ0) is 16.6. The molecule has 3 rings (SSSR count). The number of aryl methyl sites for hydroxylation is 1. The summed E-state index contributed by atoms with van der Waals surface area (Å²) in [5.74, 6) is -4.81. The lowest BCUT2D eigenvalue weighted by Crippen LogP contribution is -2.17. The van der Waals surface area contributed by atoms with Crippen LogP contribution in [-0.2, 0) is 4.79 Å². The number of rotatable bonds is 3. The van der Waals surface area contributed by atoms with Gasteiger partial charge in [-0.15, -0.1) is 0 Å². The Balaban J connectivity index is 1.87. The summed E-state index contributed by atoms with van der Waals surface area (Å²) in [5.41, 5.74) is 2.95. The maximum absolute atomic E-state index is 12.9. The number of alkyl halides is 2. The smallest absolute Gasteiger partial charge is 0.260 e. The highest BCUT2D eigenvalue weighted by Gasteiger charge is 2.61. The van der Waals surface area contributed by atoms with E-state index in [2.05, 4.69) is 10.3 Å². The second-order valence-electron chi connectivity index (χ2n) is 5.56. The Morgan fingerprint density at radius 1 is 1.39 bits per heavy atom. The van der Waals surface area contributed by atoms with Crippen molar-refractivity contribution in [3.63, 3.8) is 0 Å². The van der Waals surface area contributed by atoms with Crippen LogP contribution in [0.3, 0.4) is 0 Å². The number of nitrogens with one attached hydrogen (secondary N) is 1. The predicted octanol–water partition coefficient (Wildman–Crippen LogP) is 3.52. The predicted molar refractivity (Wildman–Crippen MR) is 80.8 cm³/mol.